The van der Waals surface area contributed by atoms with Crippen LogP contribution >= 0.6 is 0 Å². The summed E-state index contributed by atoms with van der Waals surface area (Å²) in [5.74, 6) is -1.09. The molecule has 3 N–H and O–H groups in total. The zero-order chi connectivity index (χ0) is 24.0. The fourth-order valence-electron chi connectivity index (χ4n) is 3.77. The monoisotopic (exact) mass is 452 g/mol. The lowest BCUT2D eigenvalue weighted by Crippen LogP contribution is -2.58. The van der Waals surface area contributed by atoms with Crippen LogP contribution in [0.15, 0.2) is 42.5 Å². The van der Waals surface area contributed by atoms with Gasteiger partial charge in [-0.05, 0) is 55.3 Å². The molecule has 0 radical (unpaired) electrons. The highest BCUT2D eigenvalue weighted by Crippen LogP contribution is 2.17. The van der Waals surface area contributed by atoms with Crippen molar-refractivity contribution in [2.45, 2.75) is 26.3 Å². The number of nitrogens with one attached hydrogen (secondary N) is 3. The number of ketones is 1. The quantitative estimate of drug-likeness (QED) is 0.556. The number of Topliss-reactive ketones (excluding diaryl/α,β-unsaturated/α-hetero) is 1. The number of hydrogen-bond acceptors (Lipinski definition) is 6. The topological polar surface area (TPSA) is 117 Å². The van der Waals surface area contributed by atoms with Crippen LogP contribution in [0.3, 0.4) is 0 Å². The number of nitrogens with zero attached hydrogens (tertiary/aromatic N) is 1. The molecule has 2 aromatic carbocycles. The molecule has 1 aliphatic rings. The van der Waals surface area contributed by atoms with E-state index in [1.165, 1.54) is 12.0 Å². The van der Waals surface area contributed by atoms with Crippen LogP contribution in [0.25, 0.3) is 0 Å². The second kappa shape index (κ2) is 10.6. The molecule has 174 valence electrons. The Hall–Kier alpha value is -3.88. The normalized spacial score (nSPS) is 15.4. The van der Waals surface area contributed by atoms with Crippen LogP contribution in [0.1, 0.15) is 27.9 Å². The maximum Gasteiger partial charge on any atom is 0.337 e. The molecule has 0 bridgehead atoms. The molecule has 9 nitrogen and oxygen atoms in total. The average Bonchev–Trinajstić information content (AvgIpc) is 2.78. The van der Waals surface area contributed by atoms with Crippen LogP contribution in [0.4, 0.5) is 16.2 Å². The molecule has 33 heavy (non-hydrogen) atoms. The molecule has 1 atom stereocenters. The summed E-state index contributed by atoms with van der Waals surface area (Å²) >= 11 is 0. The van der Waals surface area contributed by atoms with Gasteiger partial charge in [-0.2, -0.15) is 0 Å². The lowest BCUT2D eigenvalue weighted by molar-refractivity contribution is -0.131. The smallest absolute Gasteiger partial charge is 0.337 e. The zero-order valence-corrected chi connectivity index (χ0v) is 18.9. The first-order valence-electron chi connectivity index (χ1n) is 10.6. The van der Waals surface area contributed by atoms with E-state index in [1.807, 2.05) is 32.0 Å². The zero-order valence-electron chi connectivity index (χ0n) is 18.9. The van der Waals surface area contributed by atoms with Crippen molar-refractivity contribution in [3.63, 3.8) is 0 Å². The van der Waals surface area contributed by atoms with Crippen molar-refractivity contribution in [1.29, 1.82) is 0 Å². The van der Waals surface area contributed by atoms with Crippen LogP contribution in [-0.4, -0.2) is 61.4 Å². The van der Waals surface area contributed by atoms with Gasteiger partial charge in [0, 0.05) is 30.9 Å². The van der Waals surface area contributed by atoms with Crippen LogP contribution in [-0.2, 0) is 14.3 Å². The molecule has 0 aromatic heterocycles. The number of amides is 3. The van der Waals surface area contributed by atoms with E-state index in [-0.39, 0.29) is 24.7 Å². The molecule has 1 fully saturated rings. The largest absolute Gasteiger partial charge is 0.465 e. The van der Waals surface area contributed by atoms with E-state index in [0.29, 0.717) is 30.0 Å². The molecule has 1 saturated heterocycles. The minimum atomic E-state index is -0.902. The number of urea groups is 1. The van der Waals surface area contributed by atoms with Crippen LogP contribution in [0.5, 0.6) is 0 Å². The van der Waals surface area contributed by atoms with Crippen molar-refractivity contribution in [3.8, 4) is 0 Å². The third kappa shape index (κ3) is 6.31. The summed E-state index contributed by atoms with van der Waals surface area (Å²) in [6.07, 6.45) is -0.129. The number of anilines is 2. The average molecular weight is 453 g/mol. The number of aryl methyl sites for hydroxylation is 2. The SMILES string of the molecule is COC(=O)c1cccc(NCC(=O)CC2C(=O)NCCN2C(=O)Nc2cc(C)cc(C)c2)c1. The van der Waals surface area contributed by atoms with Gasteiger partial charge in [0.05, 0.1) is 19.2 Å². The van der Waals surface area contributed by atoms with E-state index < -0.39 is 18.0 Å². The summed E-state index contributed by atoms with van der Waals surface area (Å²) in [6, 6.07) is 10.9. The third-order valence-corrected chi connectivity index (χ3v) is 5.26. The molecular weight excluding hydrogens is 424 g/mol. The molecule has 1 heterocycles. The Morgan fingerprint density at radius 3 is 2.52 bits per heavy atom. The molecule has 3 rings (SSSR count). The predicted molar refractivity (Wildman–Crippen MR) is 124 cm³/mol. The van der Waals surface area contributed by atoms with E-state index in [2.05, 4.69) is 16.0 Å². The Labute approximate surface area is 192 Å². The number of carbonyl (C=O) groups is 4. The summed E-state index contributed by atoms with van der Waals surface area (Å²) in [5.41, 5.74) is 3.59. The summed E-state index contributed by atoms with van der Waals surface area (Å²) in [4.78, 5) is 51.1. The molecule has 0 spiro atoms. The standard InChI is InChI=1S/C24H28N4O5/c1-15-9-16(2)11-19(10-15)27-24(32)28-8-7-25-22(30)21(28)13-20(29)14-26-18-6-4-5-17(12-18)23(31)33-3/h4-6,9-12,21,26H,7-8,13-14H2,1-3H3,(H,25,30)(H,27,32). The van der Waals surface area contributed by atoms with Crippen molar-refractivity contribution >= 4 is 35.1 Å². The van der Waals surface area contributed by atoms with Gasteiger partial charge in [0.15, 0.2) is 5.78 Å². The van der Waals surface area contributed by atoms with E-state index in [0.717, 1.165) is 11.1 Å². The third-order valence-electron chi connectivity index (χ3n) is 5.26. The Morgan fingerprint density at radius 1 is 1.09 bits per heavy atom. The highest BCUT2D eigenvalue weighted by molar-refractivity contribution is 5.97. The van der Waals surface area contributed by atoms with Gasteiger partial charge in [0.1, 0.15) is 6.04 Å². The lowest BCUT2D eigenvalue weighted by Gasteiger charge is -2.34. The summed E-state index contributed by atoms with van der Waals surface area (Å²) in [7, 11) is 1.29. The van der Waals surface area contributed by atoms with Crippen molar-refractivity contribution in [1.82, 2.24) is 10.2 Å². The van der Waals surface area contributed by atoms with E-state index in [1.54, 1.807) is 24.3 Å². The van der Waals surface area contributed by atoms with E-state index in [9.17, 15) is 19.2 Å². The number of benzene rings is 2. The summed E-state index contributed by atoms with van der Waals surface area (Å²) in [5, 5.41) is 8.51. The van der Waals surface area contributed by atoms with Gasteiger partial charge in [-0.25, -0.2) is 9.59 Å². The second-order valence-electron chi connectivity index (χ2n) is 7.98. The Kier molecular flexibility index (Phi) is 7.66. The number of piperazine rings is 1. The predicted octanol–water partition coefficient (Wildman–Crippen LogP) is 2.49. The lowest BCUT2D eigenvalue weighted by atomic mass is 10.1. The van der Waals surface area contributed by atoms with Gasteiger partial charge in [-0.3, -0.25) is 9.59 Å². The molecule has 2 aromatic rings. The van der Waals surface area contributed by atoms with Crippen molar-refractivity contribution in [2.75, 3.05) is 37.4 Å². The van der Waals surface area contributed by atoms with E-state index >= 15 is 0 Å². The second-order valence-corrected chi connectivity index (χ2v) is 7.98. The molecule has 1 unspecified atom stereocenters. The van der Waals surface area contributed by atoms with Crippen LogP contribution < -0.4 is 16.0 Å². The first-order chi connectivity index (χ1) is 15.8. The molecule has 1 aliphatic heterocycles. The maximum atomic E-state index is 12.9. The van der Waals surface area contributed by atoms with Crippen molar-refractivity contribution in [3.05, 3.63) is 59.2 Å². The Bertz CT molecular complexity index is 1050. The molecule has 0 saturated carbocycles. The molecule has 3 amide bonds. The summed E-state index contributed by atoms with van der Waals surface area (Å²) in [6.45, 7) is 4.44. The maximum absolute atomic E-state index is 12.9. The minimum Gasteiger partial charge on any atom is -0.465 e. The van der Waals surface area contributed by atoms with Gasteiger partial charge in [-0.15, -0.1) is 0 Å². The van der Waals surface area contributed by atoms with Crippen molar-refractivity contribution < 1.29 is 23.9 Å². The molecular formula is C24H28N4O5. The number of methoxy groups -OCH3 is 1. The highest BCUT2D eigenvalue weighted by Gasteiger charge is 2.34. The molecule has 9 heteroatoms. The first kappa shape index (κ1) is 23.8. The number of carbonyl (C=O) groups excluding carboxylic acids is 4. The number of hydrogen-bond donors (Lipinski definition) is 3. The Morgan fingerprint density at radius 2 is 1.82 bits per heavy atom. The van der Waals surface area contributed by atoms with Gasteiger partial charge >= 0.3 is 12.0 Å². The first-order valence-corrected chi connectivity index (χ1v) is 10.6. The van der Waals surface area contributed by atoms with Gasteiger partial charge in [-0.1, -0.05) is 12.1 Å². The molecule has 0 aliphatic carbocycles. The van der Waals surface area contributed by atoms with Crippen molar-refractivity contribution in [2.24, 2.45) is 0 Å². The number of ether oxygens (including phenoxy) is 1. The number of rotatable bonds is 7. The van der Waals surface area contributed by atoms with Gasteiger partial charge in [0.2, 0.25) is 5.91 Å². The summed E-state index contributed by atoms with van der Waals surface area (Å²) < 4.78 is 4.70. The number of esters is 1. The van der Waals surface area contributed by atoms with E-state index in [4.69, 9.17) is 4.74 Å². The highest BCUT2D eigenvalue weighted by atomic mass is 16.5. The van der Waals surface area contributed by atoms with Gasteiger partial charge in [0.25, 0.3) is 0 Å². The minimum absolute atomic E-state index is 0.0546. The van der Waals surface area contributed by atoms with Crippen LogP contribution in [0.2, 0.25) is 0 Å². The fraction of sp³-hybridized carbons (Fsp3) is 0.333. The van der Waals surface area contributed by atoms with Gasteiger partial charge < -0.3 is 25.6 Å². The Balaban J connectivity index is 1.63. The fourth-order valence-corrected chi connectivity index (χ4v) is 3.77. The van der Waals surface area contributed by atoms with Crippen LogP contribution in [0, 0.1) is 13.8 Å².